The molecule has 25 heavy (non-hydrogen) atoms. The Morgan fingerprint density at radius 2 is 2.04 bits per heavy atom. The van der Waals surface area contributed by atoms with Crippen molar-refractivity contribution in [2.75, 3.05) is 18.0 Å². The number of benzene rings is 1. The van der Waals surface area contributed by atoms with E-state index in [2.05, 4.69) is 15.5 Å². The Morgan fingerprint density at radius 1 is 1.16 bits per heavy atom. The molecule has 0 bridgehead atoms. The minimum absolute atomic E-state index is 0.0971. The summed E-state index contributed by atoms with van der Waals surface area (Å²) in [5.41, 5.74) is 1.07. The van der Waals surface area contributed by atoms with Crippen LogP contribution in [0.15, 0.2) is 42.6 Å². The molecule has 1 aromatic carbocycles. The molecule has 1 saturated carbocycles. The fourth-order valence-electron chi connectivity index (χ4n) is 3.90. The molecule has 0 unspecified atom stereocenters. The van der Waals surface area contributed by atoms with E-state index in [-0.39, 0.29) is 11.9 Å². The van der Waals surface area contributed by atoms with E-state index in [0.717, 1.165) is 30.8 Å². The van der Waals surface area contributed by atoms with Crippen molar-refractivity contribution in [1.82, 2.24) is 15.5 Å². The zero-order valence-corrected chi connectivity index (χ0v) is 14.0. The second-order valence-corrected chi connectivity index (χ2v) is 7.05. The quantitative estimate of drug-likeness (QED) is 0.905. The van der Waals surface area contributed by atoms with Crippen LogP contribution in [0.1, 0.15) is 30.7 Å². The standard InChI is InChI=1S/C19H22F2N4/c20-15-4-1-3-13(7-15)14-8-17(9-14)22-11-18-10-16(21)12-25(18)19-5-2-6-23-24-19/h1-7,14,16-18,22H,8-12H2/t14?,16-,17?,18-/m0/s1. The van der Waals surface area contributed by atoms with Crippen LogP contribution in [0.5, 0.6) is 0 Å². The van der Waals surface area contributed by atoms with Crippen molar-refractivity contribution in [3.63, 3.8) is 0 Å². The van der Waals surface area contributed by atoms with Gasteiger partial charge in [0.15, 0.2) is 5.82 Å². The fraction of sp³-hybridized carbons (Fsp3) is 0.474. The van der Waals surface area contributed by atoms with Crippen LogP contribution in [0, 0.1) is 5.82 Å². The minimum Gasteiger partial charge on any atom is -0.348 e. The molecule has 1 aromatic heterocycles. The Morgan fingerprint density at radius 3 is 2.80 bits per heavy atom. The first-order valence-corrected chi connectivity index (χ1v) is 8.86. The van der Waals surface area contributed by atoms with Gasteiger partial charge in [-0.1, -0.05) is 12.1 Å². The first-order valence-electron chi connectivity index (χ1n) is 8.86. The van der Waals surface area contributed by atoms with Gasteiger partial charge in [0.25, 0.3) is 0 Å². The molecule has 6 heteroatoms. The van der Waals surface area contributed by atoms with Gasteiger partial charge < -0.3 is 10.2 Å². The highest BCUT2D eigenvalue weighted by Crippen LogP contribution is 2.37. The third-order valence-electron chi connectivity index (χ3n) is 5.32. The Kier molecular flexibility index (Phi) is 4.61. The summed E-state index contributed by atoms with van der Waals surface area (Å²) >= 11 is 0. The molecule has 2 aliphatic rings. The number of anilines is 1. The number of nitrogens with one attached hydrogen (secondary N) is 1. The molecule has 132 valence electrons. The van der Waals surface area contributed by atoms with E-state index in [1.54, 1.807) is 18.3 Å². The monoisotopic (exact) mass is 344 g/mol. The summed E-state index contributed by atoms with van der Waals surface area (Å²) in [5.74, 6) is 0.982. The highest BCUT2D eigenvalue weighted by atomic mass is 19.1. The van der Waals surface area contributed by atoms with Crippen molar-refractivity contribution in [3.8, 4) is 0 Å². The van der Waals surface area contributed by atoms with Gasteiger partial charge >= 0.3 is 0 Å². The number of halogens is 2. The summed E-state index contributed by atoms with van der Waals surface area (Å²) in [4.78, 5) is 2.01. The summed E-state index contributed by atoms with van der Waals surface area (Å²) in [5, 5.41) is 11.6. The third-order valence-corrected chi connectivity index (χ3v) is 5.32. The average molecular weight is 344 g/mol. The number of nitrogens with zero attached hydrogens (tertiary/aromatic N) is 3. The predicted octanol–water partition coefficient (Wildman–Crippen LogP) is 3.07. The van der Waals surface area contributed by atoms with E-state index < -0.39 is 6.17 Å². The summed E-state index contributed by atoms with van der Waals surface area (Å²) in [6.45, 7) is 1.11. The lowest BCUT2D eigenvalue weighted by Gasteiger charge is -2.38. The van der Waals surface area contributed by atoms with Gasteiger partial charge in [0.1, 0.15) is 12.0 Å². The van der Waals surface area contributed by atoms with Crippen LogP contribution in [-0.2, 0) is 0 Å². The van der Waals surface area contributed by atoms with Gasteiger partial charge in [-0.15, -0.1) is 5.10 Å². The van der Waals surface area contributed by atoms with Crippen LogP contribution in [-0.4, -0.2) is 41.5 Å². The molecule has 4 rings (SSSR count). The van der Waals surface area contributed by atoms with Gasteiger partial charge in [-0.3, -0.25) is 0 Å². The molecule has 2 heterocycles. The van der Waals surface area contributed by atoms with Crippen molar-refractivity contribution in [2.24, 2.45) is 0 Å². The number of hydrogen-bond donors (Lipinski definition) is 1. The lowest BCUT2D eigenvalue weighted by atomic mass is 9.76. The summed E-state index contributed by atoms with van der Waals surface area (Å²) < 4.78 is 27.2. The van der Waals surface area contributed by atoms with Gasteiger partial charge in [-0.05, 0) is 48.6 Å². The Hall–Kier alpha value is -2.08. The van der Waals surface area contributed by atoms with Crippen molar-refractivity contribution in [3.05, 3.63) is 54.0 Å². The zero-order valence-electron chi connectivity index (χ0n) is 14.0. The van der Waals surface area contributed by atoms with E-state index in [1.165, 1.54) is 6.07 Å². The number of alkyl halides is 1. The van der Waals surface area contributed by atoms with Crippen molar-refractivity contribution in [1.29, 1.82) is 0 Å². The summed E-state index contributed by atoms with van der Waals surface area (Å²) in [6.07, 6.45) is 3.32. The molecule has 2 fully saturated rings. The highest BCUT2D eigenvalue weighted by molar-refractivity contribution is 5.40. The van der Waals surface area contributed by atoms with Gasteiger partial charge in [0.05, 0.1) is 6.54 Å². The van der Waals surface area contributed by atoms with Crippen molar-refractivity contribution in [2.45, 2.75) is 43.4 Å². The molecule has 1 N–H and O–H groups in total. The maximum Gasteiger partial charge on any atom is 0.151 e. The lowest BCUT2D eigenvalue weighted by Crippen LogP contribution is -2.46. The zero-order chi connectivity index (χ0) is 17.2. The van der Waals surface area contributed by atoms with Crippen LogP contribution in [0.25, 0.3) is 0 Å². The average Bonchev–Trinajstić information content (AvgIpc) is 2.95. The molecule has 2 aromatic rings. The van der Waals surface area contributed by atoms with E-state index in [9.17, 15) is 8.78 Å². The first kappa shape index (κ1) is 16.4. The predicted molar refractivity (Wildman–Crippen MR) is 92.8 cm³/mol. The number of hydrogen-bond acceptors (Lipinski definition) is 4. The molecule has 0 radical (unpaired) electrons. The van der Waals surface area contributed by atoms with Crippen LogP contribution in [0.2, 0.25) is 0 Å². The SMILES string of the molecule is Fc1cccc(C2CC(NC[C@@H]3C[C@H](F)CN3c3cccnn3)C2)c1. The van der Waals surface area contributed by atoms with E-state index >= 15 is 0 Å². The summed E-state index contributed by atoms with van der Waals surface area (Å²) in [7, 11) is 0. The summed E-state index contributed by atoms with van der Waals surface area (Å²) in [6, 6.07) is 11.1. The van der Waals surface area contributed by atoms with Gasteiger partial charge in [0.2, 0.25) is 0 Å². The molecular formula is C19H22F2N4. The van der Waals surface area contributed by atoms with E-state index in [4.69, 9.17) is 0 Å². The van der Waals surface area contributed by atoms with E-state index in [0.29, 0.717) is 24.9 Å². The molecule has 2 atom stereocenters. The van der Waals surface area contributed by atoms with Gasteiger partial charge in [0, 0.05) is 31.2 Å². The lowest BCUT2D eigenvalue weighted by molar-refractivity contribution is 0.282. The molecule has 0 amide bonds. The maximum atomic E-state index is 13.9. The highest BCUT2D eigenvalue weighted by Gasteiger charge is 2.35. The van der Waals surface area contributed by atoms with Crippen LogP contribution in [0.4, 0.5) is 14.6 Å². The van der Waals surface area contributed by atoms with Gasteiger partial charge in [-0.25, -0.2) is 8.78 Å². The molecule has 1 aliphatic heterocycles. The van der Waals surface area contributed by atoms with Gasteiger partial charge in [-0.2, -0.15) is 5.10 Å². The Balaban J connectivity index is 1.30. The fourth-order valence-corrected chi connectivity index (χ4v) is 3.90. The second kappa shape index (κ2) is 7.04. The smallest absolute Gasteiger partial charge is 0.151 e. The van der Waals surface area contributed by atoms with Crippen LogP contribution < -0.4 is 10.2 Å². The third kappa shape index (κ3) is 3.63. The number of rotatable bonds is 5. The minimum atomic E-state index is -0.824. The van der Waals surface area contributed by atoms with Crippen molar-refractivity contribution < 1.29 is 8.78 Å². The molecule has 4 nitrogen and oxygen atoms in total. The Labute approximate surface area is 146 Å². The molecular weight excluding hydrogens is 322 g/mol. The topological polar surface area (TPSA) is 41.0 Å². The first-order chi connectivity index (χ1) is 12.2. The van der Waals surface area contributed by atoms with Crippen LogP contribution >= 0.6 is 0 Å². The number of aromatic nitrogens is 2. The Bertz CT molecular complexity index is 706. The molecule has 0 spiro atoms. The normalized spacial score (nSPS) is 28.8. The van der Waals surface area contributed by atoms with Crippen LogP contribution in [0.3, 0.4) is 0 Å². The maximum absolute atomic E-state index is 13.9. The van der Waals surface area contributed by atoms with Crippen molar-refractivity contribution >= 4 is 5.82 Å². The van der Waals surface area contributed by atoms with E-state index in [1.807, 2.05) is 23.1 Å². The second-order valence-electron chi connectivity index (χ2n) is 7.05. The molecule has 1 saturated heterocycles. The molecule has 1 aliphatic carbocycles. The largest absolute Gasteiger partial charge is 0.348 e.